The van der Waals surface area contributed by atoms with Gasteiger partial charge in [0.05, 0.1) is 6.26 Å². The molecule has 0 heterocycles. The van der Waals surface area contributed by atoms with Gasteiger partial charge in [-0.15, -0.1) is 0 Å². The molecule has 0 spiro atoms. The number of anilines is 1. The van der Waals surface area contributed by atoms with Gasteiger partial charge in [0.25, 0.3) is 0 Å². The van der Waals surface area contributed by atoms with Crippen LogP contribution in [0, 0.1) is 6.92 Å². The molecule has 2 rings (SSSR count). The highest BCUT2D eigenvalue weighted by Crippen LogP contribution is 2.12. The van der Waals surface area contributed by atoms with Crippen LogP contribution in [0.4, 0.5) is 5.69 Å². The second-order valence-electron chi connectivity index (χ2n) is 6.80. The molecule has 2 aromatic rings. The Labute approximate surface area is 162 Å². The number of hydrogen-bond donors (Lipinski definition) is 2. The molecule has 6 heteroatoms. The maximum Gasteiger partial charge on any atom is 0.229 e. The molecule has 5 nitrogen and oxygen atoms in total. The molecule has 0 aliphatic heterocycles. The molecule has 0 bridgehead atoms. The van der Waals surface area contributed by atoms with Crippen molar-refractivity contribution in [3.05, 3.63) is 65.2 Å². The SMILES string of the molecule is Cc1ccccc1CCCC(=O)NCCCc1ccc(NS(C)(=O)=O)cc1. The number of amides is 1. The van der Waals surface area contributed by atoms with Gasteiger partial charge >= 0.3 is 0 Å². The van der Waals surface area contributed by atoms with Crippen LogP contribution in [-0.4, -0.2) is 27.1 Å². The summed E-state index contributed by atoms with van der Waals surface area (Å²) in [5, 5.41) is 2.97. The molecule has 1 amide bonds. The molecule has 0 radical (unpaired) electrons. The van der Waals surface area contributed by atoms with Crippen molar-refractivity contribution < 1.29 is 13.2 Å². The summed E-state index contributed by atoms with van der Waals surface area (Å²) in [7, 11) is -3.25. The Bertz CT molecular complexity index is 846. The van der Waals surface area contributed by atoms with E-state index in [2.05, 4.69) is 29.1 Å². The van der Waals surface area contributed by atoms with Crippen LogP contribution in [0.15, 0.2) is 48.5 Å². The number of nitrogens with one attached hydrogen (secondary N) is 2. The Morgan fingerprint density at radius 1 is 0.963 bits per heavy atom. The quantitative estimate of drug-likeness (QED) is 0.612. The van der Waals surface area contributed by atoms with E-state index in [0.717, 1.165) is 37.5 Å². The van der Waals surface area contributed by atoms with Crippen molar-refractivity contribution in [3.8, 4) is 0 Å². The van der Waals surface area contributed by atoms with Gasteiger partial charge in [0.15, 0.2) is 0 Å². The average molecular weight is 389 g/mol. The van der Waals surface area contributed by atoms with Crippen LogP contribution in [0.5, 0.6) is 0 Å². The van der Waals surface area contributed by atoms with Gasteiger partial charge in [0.2, 0.25) is 15.9 Å². The number of carbonyl (C=O) groups is 1. The standard InChI is InChI=1S/C21H28N2O3S/c1-17-7-3-4-9-19(17)10-5-11-21(24)22-16-6-8-18-12-14-20(15-13-18)23-27(2,25)26/h3-4,7,9,12-15,23H,5-6,8,10-11,16H2,1-2H3,(H,22,24). The van der Waals surface area contributed by atoms with Crippen LogP contribution in [0.1, 0.15) is 36.0 Å². The molecule has 0 unspecified atom stereocenters. The van der Waals surface area contributed by atoms with Gasteiger partial charge in [-0.25, -0.2) is 8.42 Å². The first kappa shape index (κ1) is 21.0. The number of rotatable bonds is 10. The van der Waals surface area contributed by atoms with E-state index in [1.165, 1.54) is 11.1 Å². The van der Waals surface area contributed by atoms with Crippen LogP contribution < -0.4 is 10.0 Å². The third kappa shape index (κ3) is 8.26. The molecule has 146 valence electrons. The van der Waals surface area contributed by atoms with E-state index in [-0.39, 0.29) is 5.91 Å². The largest absolute Gasteiger partial charge is 0.356 e. The third-order valence-electron chi connectivity index (χ3n) is 4.33. The molecular formula is C21H28N2O3S. The molecule has 0 aliphatic carbocycles. The molecular weight excluding hydrogens is 360 g/mol. The van der Waals surface area contributed by atoms with Gasteiger partial charge in [-0.05, 0) is 61.4 Å². The fourth-order valence-electron chi connectivity index (χ4n) is 2.89. The maximum absolute atomic E-state index is 11.9. The number of carbonyl (C=O) groups excluding carboxylic acids is 1. The molecule has 0 aromatic heterocycles. The molecule has 2 aromatic carbocycles. The van der Waals surface area contributed by atoms with Crippen molar-refractivity contribution in [1.82, 2.24) is 5.32 Å². The van der Waals surface area contributed by atoms with E-state index in [9.17, 15) is 13.2 Å². The Hall–Kier alpha value is -2.34. The van der Waals surface area contributed by atoms with E-state index in [4.69, 9.17) is 0 Å². The summed E-state index contributed by atoms with van der Waals surface area (Å²) in [6.07, 6.45) is 5.13. The minimum absolute atomic E-state index is 0.0938. The lowest BCUT2D eigenvalue weighted by Gasteiger charge is -2.08. The van der Waals surface area contributed by atoms with Crippen molar-refractivity contribution in [3.63, 3.8) is 0 Å². The topological polar surface area (TPSA) is 75.3 Å². The molecule has 0 aliphatic rings. The summed E-state index contributed by atoms with van der Waals surface area (Å²) in [5.41, 5.74) is 4.25. The van der Waals surface area contributed by atoms with E-state index >= 15 is 0 Å². The third-order valence-corrected chi connectivity index (χ3v) is 4.94. The summed E-state index contributed by atoms with van der Waals surface area (Å²) in [6.45, 7) is 2.74. The monoisotopic (exact) mass is 388 g/mol. The highest BCUT2D eigenvalue weighted by molar-refractivity contribution is 7.92. The van der Waals surface area contributed by atoms with Crippen molar-refractivity contribution in [2.24, 2.45) is 0 Å². The Balaban J connectivity index is 1.62. The first-order valence-electron chi connectivity index (χ1n) is 9.21. The first-order chi connectivity index (χ1) is 12.8. The fourth-order valence-corrected chi connectivity index (χ4v) is 3.46. The van der Waals surface area contributed by atoms with Crippen LogP contribution in [0.25, 0.3) is 0 Å². The van der Waals surface area contributed by atoms with Crippen LogP contribution in [0.3, 0.4) is 0 Å². The smallest absolute Gasteiger partial charge is 0.229 e. The number of benzene rings is 2. The average Bonchev–Trinajstić information content (AvgIpc) is 2.60. The zero-order valence-corrected chi connectivity index (χ0v) is 16.8. The molecule has 0 saturated carbocycles. The van der Waals surface area contributed by atoms with Gasteiger partial charge in [-0.3, -0.25) is 9.52 Å². The van der Waals surface area contributed by atoms with Crippen molar-refractivity contribution in [2.75, 3.05) is 17.5 Å². The van der Waals surface area contributed by atoms with E-state index in [1.807, 2.05) is 24.3 Å². The van der Waals surface area contributed by atoms with Crippen LogP contribution in [0.2, 0.25) is 0 Å². The van der Waals surface area contributed by atoms with Gasteiger partial charge in [0.1, 0.15) is 0 Å². The summed E-state index contributed by atoms with van der Waals surface area (Å²) < 4.78 is 24.8. The zero-order chi connectivity index (χ0) is 19.7. The summed E-state index contributed by atoms with van der Waals surface area (Å²) in [6, 6.07) is 15.6. The van der Waals surface area contributed by atoms with Gasteiger partial charge < -0.3 is 5.32 Å². The van der Waals surface area contributed by atoms with Crippen LogP contribution >= 0.6 is 0 Å². The molecule has 27 heavy (non-hydrogen) atoms. The second kappa shape index (κ2) is 10.1. The summed E-state index contributed by atoms with van der Waals surface area (Å²) in [4.78, 5) is 11.9. The normalized spacial score (nSPS) is 11.2. The van der Waals surface area contributed by atoms with E-state index in [1.54, 1.807) is 12.1 Å². The molecule has 0 fully saturated rings. The van der Waals surface area contributed by atoms with Gasteiger partial charge in [-0.2, -0.15) is 0 Å². The van der Waals surface area contributed by atoms with Gasteiger partial charge in [-0.1, -0.05) is 36.4 Å². The highest BCUT2D eigenvalue weighted by Gasteiger charge is 2.04. The molecule has 2 N–H and O–H groups in total. The Morgan fingerprint density at radius 3 is 2.33 bits per heavy atom. The maximum atomic E-state index is 11.9. The zero-order valence-electron chi connectivity index (χ0n) is 16.0. The van der Waals surface area contributed by atoms with Crippen molar-refractivity contribution >= 4 is 21.6 Å². The van der Waals surface area contributed by atoms with Gasteiger partial charge in [0, 0.05) is 18.7 Å². The Morgan fingerprint density at radius 2 is 1.67 bits per heavy atom. The van der Waals surface area contributed by atoms with E-state index < -0.39 is 10.0 Å². The number of hydrogen-bond acceptors (Lipinski definition) is 3. The highest BCUT2D eigenvalue weighted by atomic mass is 32.2. The van der Waals surface area contributed by atoms with E-state index in [0.29, 0.717) is 18.7 Å². The minimum atomic E-state index is -3.25. The fraction of sp³-hybridized carbons (Fsp3) is 0.381. The number of sulfonamides is 1. The Kier molecular flexibility index (Phi) is 7.85. The predicted octanol–water partition coefficient (Wildman–Crippen LogP) is 3.44. The van der Waals surface area contributed by atoms with Crippen molar-refractivity contribution in [1.29, 1.82) is 0 Å². The molecule has 0 atom stereocenters. The van der Waals surface area contributed by atoms with Crippen LogP contribution in [-0.2, 0) is 27.7 Å². The predicted molar refractivity (Wildman–Crippen MR) is 110 cm³/mol. The minimum Gasteiger partial charge on any atom is -0.356 e. The van der Waals surface area contributed by atoms with Crippen molar-refractivity contribution in [2.45, 2.75) is 39.0 Å². The summed E-state index contributed by atoms with van der Waals surface area (Å²) in [5.74, 6) is 0.0938. The lowest BCUT2D eigenvalue weighted by atomic mass is 10.0. The second-order valence-corrected chi connectivity index (χ2v) is 8.55. The lowest BCUT2D eigenvalue weighted by molar-refractivity contribution is -0.121. The first-order valence-corrected chi connectivity index (χ1v) is 11.1. The molecule has 0 saturated heterocycles. The summed E-state index contributed by atoms with van der Waals surface area (Å²) >= 11 is 0. The number of aryl methyl sites for hydroxylation is 3. The lowest BCUT2D eigenvalue weighted by Crippen LogP contribution is -2.24.